The Kier molecular flexibility index (Phi) is 3.48. The van der Waals surface area contributed by atoms with Gasteiger partial charge in [-0.25, -0.2) is 4.39 Å². The molecule has 2 rings (SSSR count). The van der Waals surface area contributed by atoms with E-state index in [-0.39, 0.29) is 6.61 Å². The number of ether oxygens (including phenoxy) is 1. The molecule has 1 heterocycles. The van der Waals surface area contributed by atoms with Crippen molar-refractivity contribution in [2.24, 2.45) is 5.41 Å². The average Bonchev–Trinajstić information content (AvgIpc) is 2.81. The Morgan fingerprint density at radius 2 is 2.35 bits per heavy atom. The third-order valence-electron chi connectivity index (χ3n) is 3.06. The summed E-state index contributed by atoms with van der Waals surface area (Å²) in [4.78, 5) is 0. The minimum Gasteiger partial charge on any atom is -0.387 e. The molecule has 0 aliphatic carbocycles. The first kappa shape index (κ1) is 12.5. The van der Waals surface area contributed by atoms with Crippen LogP contribution in [0.2, 0.25) is 0 Å². The Morgan fingerprint density at radius 1 is 1.59 bits per heavy atom. The van der Waals surface area contributed by atoms with Crippen molar-refractivity contribution in [1.29, 1.82) is 5.26 Å². The fourth-order valence-corrected chi connectivity index (χ4v) is 2.19. The molecular weight excluding hydrogens is 289 g/mol. The van der Waals surface area contributed by atoms with Crippen molar-refractivity contribution in [3.63, 3.8) is 0 Å². The lowest BCUT2D eigenvalue weighted by Crippen LogP contribution is -2.27. The normalized spacial score (nSPS) is 25.5. The van der Waals surface area contributed by atoms with Crippen molar-refractivity contribution in [2.75, 3.05) is 13.2 Å². The molecule has 2 unspecified atom stereocenters. The lowest BCUT2D eigenvalue weighted by molar-refractivity contribution is 0.0502. The predicted octanol–water partition coefficient (Wildman–Crippen LogP) is 2.55. The zero-order valence-electron chi connectivity index (χ0n) is 8.99. The first-order valence-electron chi connectivity index (χ1n) is 5.21. The highest BCUT2D eigenvalue weighted by atomic mass is 79.9. The molecule has 1 aliphatic heterocycles. The molecule has 5 heteroatoms. The zero-order valence-corrected chi connectivity index (χ0v) is 10.6. The number of hydrogen-bond donors (Lipinski definition) is 1. The first-order chi connectivity index (χ1) is 8.09. The van der Waals surface area contributed by atoms with Crippen molar-refractivity contribution >= 4 is 15.9 Å². The van der Waals surface area contributed by atoms with E-state index in [1.54, 1.807) is 6.07 Å². The van der Waals surface area contributed by atoms with Gasteiger partial charge in [0.2, 0.25) is 0 Å². The summed E-state index contributed by atoms with van der Waals surface area (Å²) >= 11 is 3.05. The molecule has 1 aromatic rings. The number of aliphatic hydroxyl groups excluding tert-OH is 1. The van der Waals surface area contributed by atoms with Gasteiger partial charge in [0, 0.05) is 6.61 Å². The number of nitriles is 1. The highest BCUT2D eigenvalue weighted by Gasteiger charge is 2.43. The maximum Gasteiger partial charge on any atom is 0.137 e. The van der Waals surface area contributed by atoms with Gasteiger partial charge in [0.15, 0.2) is 0 Å². The maximum absolute atomic E-state index is 13.4. The van der Waals surface area contributed by atoms with E-state index in [9.17, 15) is 14.8 Å². The molecule has 2 atom stereocenters. The summed E-state index contributed by atoms with van der Waals surface area (Å²) in [5, 5.41) is 19.4. The molecule has 1 aliphatic rings. The lowest BCUT2D eigenvalue weighted by Gasteiger charge is -2.25. The number of rotatable bonds is 2. The summed E-state index contributed by atoms with van der Waals surface area (Å²) in [6, 6.07) is 6.47. The van der Waals surface area contributed by atoms with Gasteiger partial charge in [-0.15, -0.1) is 0 Å². The van der Waals surface area contributed by atoms with Crippen LogP contribution in [0, 0.1) is 22.6 Å². The Labute approximate surface area is 107 Å². The maximum atomic E-state index is 13.4. The summed E-state index contributed by atoms with van der Waals surface area (Å²) in [6.07, 6.45) is -0.569. The molecule has 0 radical (unpaired) electrons. The van der Waals surface area contributed by atoms with Crippen molar-refractivity contribution in [1.82, 2.24) is 0 Å². The lowest BCUT2D eigenvalue weighted by atomic mass is 9.79. The van der Waals surface area contributed by atoms with Gasteiger partial charge in [-0.05, 0) is 40.0 Å². The molecule has 3 nitrogen and oxygen atoms in total. The van der Waals surface area contributed by atoms with Crippen LogP contribution in [0.3, 0.4) is 0 Å². The van der Waals surface area contributed by atoms with Crippen molar-refractivity contribution in [3.8, 4) is 6.07 Å². The molecule has 1 fully saturated rings. The van der Waals surface area contributed by atoms with Gasteiger partial charge in [-0.1, -0.05) is 6.07 Å². The second-order valence-corrected chi connectivity index (χ2v) is 5.00. The van der Waals surface area contributed by atoms with Crippen molar-refractivity contribution in [3.05, 3.63) is 34.1 Å². The third kappa shape index (κ3) is 2.21. The van der Waals surface area contributed by atoms with Crippen LogP contribution in [0.25, 0.3) is 0 Å². The zero-order chi connectivity index (χ0) is 12.5. The number of halogens is 2. The summed E-state index contributed by atoms with van der Waals surface area (Å²) in [6.45, 7) is 0.631. The second-order valence-electron chi connectivity index (χ2n) is 4.15. The molecule has 90 valence electrons. The third-order valence-corrected chi connectivity index (χ3v) is 3.70. The molecule has 0 spiro atoms. The molecule has 17 heavy (non-hydrogen) atoms. The SMILES string of the molecule is N#CC1(C(O)c2ccc(Br)c(F)c2)CCOC1. The van der Waals surface area contributed by atoms with Crippen LogP contribution < -0.4 is 0 Å². The average molecular weight is 300 g/mol. The molecule has 0 bridgehead atoms. The van der Waals surface area contributed by atoms with Crippen molar-refractivity contribution in [2.45, 2.75) is 12.5 Å². The van der Waals surface area contributed by atoms with Gasteiger partial charge in [0.05, 0.1) is 17.1 Å². The predicted molar refractivity (Wildman–Crippen MR) is 62.5 cm³/mol. The van der Waals surface area contributed by atoms with E-state index < -0.39 is 17.3 Å². The van der Waals surface area contributed by atoms with Gasteiger partial charge < -0.3 is 9.84 Å². The summed E-state index contributed by atoms with van der Waals surface area (Å²) in [5.74, 6) is -0.450. The van der Waals surface area contributed by atoms with Crippen molar-refractivity contribution < 1.29 is 14.2 Å². The van der Waals surface area contributed by atoms with E-state index in [2.05, 4.69) is 22.0 Å². The van der Waals surface area contributed by atoms with E-state index >= 15 is 0 Å². The fraction of sp³-hybridized carbons (Fsp3) is 0.417. The largest absolute Gasteiger partial charge is 0.387 e. The van der Waals surface area contributed by atoms with Gasteiger partial charge in [-0.2, -0.15) is 5.26 Å². The minimum atomic E-state index is -1.03. The monoisotopic (exact) mass is 299 g/mol. The highest BCUT2D eigenvalue weighted by Crippen LogP contribution is 2.41. The molecule has 0 saturated carbocycles. The Bertz CT molecular complexity index is 466. The van der Waals surface area contributed by atoms with Crippen LogP contribution in [-0.4, -0.2) is 18.3 Å². The Balaban J connectivity index is 2.33. The van der Waals surface area contributed by atoms with Crippen LogP contribution in [0.5, 0.6) is 0 Å². The smallest absolute Gasteiger partial charge is 0.137 e. The molecule has 1 saturated heterocycles. The van der Waals surface area contributed by atoms with E-state index in [0.717, 1.165) is 0 Å². The van der Waals surface area contributed by atoms with E-state index in [1.165, 1.54) is 12.1 Å². The fourth-order valence-electron chi connectivity index (χ4n) is 1.95. The second kappa shape index (κ2) is 4.73. The topological polar surface area (TPSA) is 53.2 Å². The first-order valence-corrected chi connectivity index (χ1v) is 6.00. The molecule has 0 amide bonds. The number of aliphatic hydroxyl groups is 1. The Morgan fingerprint density at radius 3 is 2.88 bits per heavy atom. The van der Waals surface area contributed by atoms with Gasteiger partial charge in [-0.3, -0.25) is 0 Å². The van der Waals surface area contributed by atoms with Crippen LogP contribution >= 0.6 is 15.9 Å². The summed E-state index contributed by atoms with van der Waals surface area (Å²) in [5.41, 5.74) is -0.557. The van der Waals surface area contributed by atoms with Crippen LogP contribution in [0.4, 0.5) is 4.39 Å². The standard InChI is InChI=1S/C12H11BrFNO2/c13-9-2-1-8(5-10(9)14)11(16)12(6-15)3-4-17-7-12/h1-2,5,11,16H,3-4,7H2. The summed E-state index contributed by atoms with van der Waals surface area (Å²) in [7, 11) is 0. The van der Waals surface area contributed by atoms with E-state index in [4.69, 9.17) is 4.74 Å². The molecule has 1 aromatic carbocycles. The summed E-state index contributed by atoms with van der Waals surface area (Å²) < 4.78 is 18.9. The molecular formula is C12H11BrFNO2. The van der Waals surface area contributed by atoms with Gasteiger partial charge >= 0.3 is 0 Å². The van der Waals surface area contributed by atoms with Gasteiger partial charge in [0.25, 0.3) is 0 Å². The van der Waals surface area contributed by atoms with Crippen LogP contribution in [0.1, 0.15) is 18.1 Å². The van der Waals surface area contributed by atoms with Crippen LogP contribution in [-0.2, 0) is 4.74 Å². The number of hydrogen-bond acceptors (Lipinski definition) is 3. The van der Waals surface area contributed by atoms with E-state index in [0.29, 0.717) is 23.1 Å². The molecule has 1 N–H and O–H groups in total. The molecule has 0 aromatic heterocycles. The Hall–Kier alpha value is -0.960. The van der Waals surface area contributed by atoms with E-state index in [1.807, 2.05) is 0 Å². The highest BCUT2D eigenvalue weighted by molar-refractivity contribution is 9.10. The quantitative estimate of drug-likeness (QED) is 0.913. The minimum absolute atomic E-state index is 0.183. The van der Waals surface area contributed by atoms with Crippen LogP contribution in [0.15, 0.2) is 22.7 Å². The number of benzene rings is 1. The number of nitrogens with zero attached hydrogens (tertiary/aromatic N) is 1. The van der Waals surface area contributed by atoms with Gasteiger partial charge in [0.1, 0.15) is 17.3 Å².